The van der Waals surface area contributed by atoms with E-state index < -0.39 is 35.6 Å². The number of nitrogens with one attached hydrogen (secondary N) is 1. The Bertz CT molecular complexity index is 1130. The number of hydrogen-bond acceptors (Lipinski definition) is 5. The molecule has 1 amide bonds. The fourth-order valence-electron chi connectivity index (χ4n) is 3.46. The molecule has 6 nitrogen and oxygen atoms in total. The Hall–Kier alpha value is -3.30. The summed E-state index contributed by atoms with van der Waals surface area (Å²) in [5.41, 5.74) is 2.93. The first-order valence-electron chi connectivity index (χ1n) is 11.3. The number of halogens is 2. The number of carbonyl (C=O) groups is 2. The van der Waals surface area contributed by atoms with Gasteiger partial charge in [-0.1, -0.05) is 43.5 Å². The zero-order valence-corrected chi connectivity index (χ0v) is 21.5. The molecule has 3 rings (SSSR count). The van der Waals surface area contributed by atoms with Crippen LogP contribution in [-0.4, -0.2) is 43.9 Å². The number of hydrogen-bond donors (Lipinski definition) is 1. The first-order valence-corrected chi connectivity index (χ1v) is 11.3. The van der Waals surface area contributed by atoms with E-state index >= 15 is 0 Å². The fraction of sp³-hybridized carbons (Fsp3) is 0.333. The third-order valence-electron chi connectivity index (χ3n) is 6.27. The van der Waals surface area contributed by atoms with Crippen LogP contribution in [0.15, 0.2) is 43.5 Å². The van der Waals surface area contributed by atoms with Crippen molar-refractivity contribution in [3.63, 3.8) is 0 Å². The van der Waals surface area contributed by atoms with Crippen LogP contribution in [0, 0.1) is 18.6 Å². The molecule has 0 atom stereocenters. The van der Waals surface area contributed by atoms with Crippen molar-refractivity contribution in [1.82, 2.24) is 5.32 Å². The van der Waals surface area contributed by atoms with Gasteiger partial charge in [-0.2, -0.15) is 0 Å². The lowest BCUT2D eigenvalue weighted by Gasteiger charge is -2.32. The summed E-state index contributed by atoms with van der Waals surface area (Å²) in [5.74, 6) is -3.67. The van der Waals surface area contributed by atoms with Crippen molar-refractivity contribution in [2.75, 3.05) is 13.7 Å². The van der Waals surface area contributed by atoms with E-state index in [0.29, 0.717) is 0 Å². The van der Waals surface area contributed by atoms with Gasteiger partial charge < -0.3 is 19.4 Å². The first kappa shape index (κ1) is 28.9. The molecule has 1 heterocycles. The number of methoxy groups -OCH3 is 1. The summed E-state index contributed by atoms with van der Waals surface area (Å²) in [4.78, 5) is 22.0. The molecule has 1 N–H and O–H groups in total. The van der Waals surface area contributed by atoms with Crippen molar-refractivity contribution in [3.8, 4) is 0 Å². The molecule has 2 aromatic rings. The largest absolute Gasteiger partial charge is 0.495 e. The highest BCUT2D eigenvalue weighted by molar-refractivity contribution is 6.63. The zero-order valence-electron chi connectivity index (χ0n) is 21.5. The van der Waals surface area contributed by atoms with Gasteiger partial charge in [-0.05, 0) is 68.9 Å². The number of carbonyl (C=O) groups excluding carboxylic acids is 2. The molecular formula is C27H32BF2NO5. The summed E-state index contributed by atoms with van der Waals surface area (Å²) >= 11 is 0. The maximum atomic E-state index is 13.1. The molecule has 1 fully saturated rings. The standard InChI is InChI=1S/C17H23BO2.C10H9F2NO3/c1-8-13-12(3)10-11-15(14(13)9-2)18-19-16(4,5)17(6,7)20-18;1-16-8(14)5-13-10(15)9-6(11)3-2-4-7(9)12/h8-11H,1-2H2,3-7H3;2-4H,5H2,1H3,(H,13,15). The van der Waals surface area contributed by atoms with Crippen LogP contribution in [0.25, 0.3) is 12.2 Å². The second-order valence-corrected chi connectivity index (χ2v) is 9.15. The van der Waals surface area contributed by atoms with Crippen molar-refractivity contribution in [2.45, 2.75) is 45.8 Å². The van der Waals surface area contributed by atoms with Gasteiger partial charge in [0.25, 0.3) is 5.91 Å². The number of aryl methyl sites for hydroxylation is 1. The van der Waals surface area contributed by atoms with E-state index in [4.69, 9.17) is 9.31 Å². The normalized spacial score (nSPS) is 15.4. The summed E-state index contributed by atoms with van der Waals surface area (Å²) in [6, 6.07) is 7.18. The van der Waals surface area contributed by atoms with Gasteiger partial charge in [0.1, 0.15) is 23.7 Å². The molecule has 0 radical (unpaired) electrons. The lowest BCUT2D eigenvalue weighted by molar-refractivity contribution is -0.139. The molecule has 36 heavy (non-hydrogen) atoms. The summed E-state index contributed by atoms with van der Waals surface area (Å²) < 4.78 is 42.7. The Kier molecular flexibility index (Phi) is 9.35. The first-order chi connectivity index (χ1) is 16.8. The summed E-state index contributed by atoms with van der Waals surface area (Å²) in [6.07, 6.45) is 3.71. The minimum atomic E-state index is -0.999. The number of benzene rings is 2. The molecule has 1 saturated heterocycles. The quantitative estimate of drug-likeness (QED) is 0.470. The van der Waals surface area contributed by atoms with Crippen LogP contribution in [0.2, 0.25) is 0 Å². The zero-order chi connectivity index (χ0) is 27.3. The Morgan fingerprint density at radius 2 is 1.53 bits per heavy atom. The average Bonchev–Trinajstić information content (AvgIpc) is 3.03. The lowest BCUT2D eigenvalue weighted by atomic mass is 9.74. The summed E-state index contributed by atoms with van der Waals surface area (Å²) in [5, 5.41) is 2.04. The Balaban J connectivity index is 0.000000261. The molecule has 2 aromatic carbocycles. The molecule has 192 valence electrons. The Morgan fingerprint density at radius 1 is 1.00 bits per heavy atom. The molecule has 9 heteroatoms. The van der Waals surface area contributed by atoms with Crippen molar-refractivity contribution in [1.29, 1.82) is 0 Å². The highest BCUT2D eigenvalue weighted by Crippen LogP contribution is 2.37. The summed E-state index contributed by atoms with van der Waals surface area (Å²) in [6.45, 7) is 17.7. The molecule has 0 spiro atoms. The molecule has 0 bridgehead atoms. The summed E-state index contributed by atoms with van der Waals surface area (Å²) in [7, 11) is 0.769. The van der Waals surface area contributed by atoms with Crippen molar-refractivity contribution in [3.05, 3.63) is 77.4 Å². The van der Waals surface area contributed by atoms with Crippen LogP contribution in [-0.2, 0) is 18.8 Å². The molecule has 0 aliphatic carbocycles. The van der Waals surface area contributed by atoms with Crippen molar-refractivity contribution in [2.24, 2.45) is 0 Å². The highest BCUT2D eigenvalue weighted by Gasteiger charge is 2.52. The van der Waals surface area contributed by atoms with E-state index in [1.54, 1.807) is 0 Å². The van der Waals surface area contributed by atoms with E-state index in [9.17, 15) is 18.4 Å². The molecular weight excluding hydrogens is 467 g/mol. The van der Waals surface area contributed by atoms with Gasteiger partial charge in [0, 0.05) is 0 Å². The van der Waals surface area contributed by atoms with Gasteiger partial charge in [-0.15, -0.1) is 0 Å². The molecule has 1 aliphatic rings. The lowest BCUT2D eigenvalue weighted by Crippen LogP contribution is -2.41. The van der Waals surface area contributed by atoms with Crippen molar-refractivity contribution < 1.29 is 32.4 Å². The molecule has 0 saturated carbocycles. The maximum absolute atomic E-state index is 13.1. The second-order valence-electron chi connectivity index (χ2n) is 9.15. The van der Waals surface area contributed by atoms with Crippen LogP contribution in [0.1, 0.15) is 54.7 Å². The maximum Gasteiger partial charge on any atom is 0.495 e. The van der Waals surface area contributed by atoms with Gasteiger partial charge in [0.15, 0.2) is 0 Å². The predicted molar refractivity (Wildman–Crippen MR) is 138 cm³/mol. The monoisotopic (exact) mass is 499 g/mol. The van der Waals surface area contributed by atoms with Gasteiger partial charge in [-0.3, -0.25) is 9.59 Å². The van der Waals surface area contributed by atoms with Crippen molar-refractivity contribution >= 4 is 36.6 Å². The van der Waals surface area contributed by atoms with Crippen LogP contribution in [0.4, 0.5) is 8.78 Å². The van der Waals surface area contributed by atoms with Gasteiger partial charge in [0.2, 0.25) is 0 Å². The third kappa shape index (κ3) is 6.28. The number of esters is 1. The topological polar surface area (TPSA) is 73.9 Å². The predicted octanol–water partition coefficient (Wildman–Crippen LogP) is 4.45. The average molecular weight is 499 g/mol. The highest BCUT2D eigenvalue weighted by atomic mass is 19.1. The second kappa shape index (κ2) is 11.6. The van der Waals surface area contributed by atoms with Crippen LogP contribution in [0.3, 0.4) is 0 Å². The minimum Gasteiger partial charge on any atom is -0.468 e. The Morgan fingerprint density at radius 3 is 2.00 bits per heavy atom. The number of amides is 1. The SMILES string of the molecule is C=Cc1c(C)ccc(B2OC(C)(C)C(C)(C)O2)c1C=C.COC(=O)CNC(=O)c1c(F)cccc1F. The minimum absolute atomic E-state index is 0.338. The van der Waals surface area contributed by atoms with Gasteiger partial charge in [-0.25, -0.2) is 8.78 Å². The Labute approximate surface area is 211 Å². The van der Waals surface area contributed by atoms with E-state index in [-0.39, 0.29) is 18.3 Å². The van der Waals surface area contributed by atoms with E-state index in [1.165, 1.54) is 5.56 Å². The van der Waals surface area contributed by atoms with Gasteiger partial charge >= 0.3 is 13.1 Å². The van der Waals surface area contributed by atoms with Gasteiger partial charge in [0.05, 0.1) is 18.3 Å². The third-order valence-corrected chi connectivity index (χ3v) is 6.27. The van der Waals surface area contributed by atoms with Crippen LogP contribution in [0.5, 0.6) is 0 Å². The number of rotatable bonds is 6. The fourth-order valence-corrected chi connectivity index (χ4v) is 3.46. The number of ether oxygens (including phenoxy) is 1. The molecule has 0 unspecified atom stereocenters. The van der Waals surface area contributed by atoms with E-state index in [1.807, 2.05) is 17.5 Å². The van der Waals surface area contributed by atoms with Crippen LogP contribution >= 0.6 is 0 Å². The molecule has 0 aromatic heterocycles. The van der Waals surface area contributed by atoms with Crippen LogP contribution < -0.4 is 10.8 Å². The van der Waals surface area contributed by atoms with E-state index in [0.717, 1.165) is 41.9 Å². The van der Waals surface area contributed by atoms with E-state index in [2.05, 4.69) is 64.6 Å². The smallest absolute Gasteiger partial charge is 0.468 e. The molecule has 1 aliphatic heterocycles.